The van der Waals surface area contributed by atoms with Crippen molar-refractivity contribution >= 4 is 28.3 Å². The molecule has 4 aromatic rings. The van der Waals surface area contributed by atoms with Crippen molar-refractivity contribution in [3.63, 3.8) is 0 Å². The van der Waals surface area contributed by atoms with Crippen molar-refractivity contribution in [1.29, 1.82) is 0 Å². The number of amides is 1. The molecule has 5 rings (SSSR count). The van der Waals surface area contributed by atoms with E-state index in [0.717, 1.165) is 59.3 Å². The van der Waals surface area contributed by atoms with E-state index < -0.39 is 0 Å². The van der Waals surface area contributed by atoms with E-state index in [1.165, 1.54) is 0 Å². The molecule has 1 fully saturated rings. The highest BCUT2D eigenvalue weighted by molar-refractivity contribution is 6.13. The van der Waals surface area contributed by atoms with E-state index >= 15 is 0 Å². The number of nitrogens with zero attached hydrogens (tertiary/aromatic N) is 1. The SMILES string of the molecule is CCC(=O)c1c(-c2ccc(C)cc2)oc2cc(N(CC)CC)c(-c3cccc(C(=O)NCC4(COC)CC4)c3)cc12. The summed E-state index contributed by atoms with van der Waals surface area (Å²) in [6.45, 7) is 11.1. The predicted octanol–water partition coefficient (Wildman–Crippen LogP) is 7.67. The standard InChI is InChI=1S/C35H40N2O4/c1-6-30(38)32-28-19-27(25-10-9-11-26(18-25)34(39)36-21-35(16-17-35)22-40-5)29(37(7-2)8-3)20-31(28)41-33(32)24-14-12-23(4)13-15-24/h9-15,18-20H,6-8,16-17,21-22H2,1-5H3,(H,36,39). The van der Waals surface area contributed by atoms with Gasteiger partial charge in [0.15, 0.2) is 5.78 Å². The molecular formula is C35H40N2O4. The fourth-order valence-corrected chi connectivity index (χ4v) is 5.60. The van der Waals surface area contributed by atoms with Crippen LogP contribution < -0.4 is 10.2 Å². The number of Topliss-reactive ketones (excluding diaryl/α,β-unsaturated/α-hetero) is 1. The van der Waals surface area contributed by atoms with Crippen molar-refractivity contribution in [3.8, 4) is 22.5 Å². The van der Waals surface area contributed by atoms with Crippen molar-refractivity contribution in [2.45, 2.75) is 47.0 Å². The zero-order chi connectivity index (χ0) is 29.1. The summed E-state index contributed by atoms with van der Waals surface area (Å²) in [5, 5.41) is 3.92. The number of ether oxygens (including phenoxy) is 1. The third-order valence-corrected chi connectivity index (χ3v) is 8.29. The molecule has 1 aliphatic rings. The second kappa shape index (κ2) is 11.9. The van der Waals surface area contributed by atoms with Crippen LogP contribution in [0.25, 0.3) is 33.4 Å². The van der Waals surface area contributed by atoms with Crippen LogP contribution in [0, 0.1) is 12.3 Å². The maximum Gasteiger partial charge on any atom is 0.251 e. The fraction of sp³-hybridized carbons (Fsp3) is 0.371. The minimum absolute atomic E-state index is 0.0408. The van der Waals surface area contributed by atoms with E-state index in [9.17, 15) is 9.59 Å². The first-order valence-electron chi connectivity index (χ1n) is 14.7. The number of hydrogen-bond acceptors (Lipinski definition) is 5. The number of nitrogens with one attached hydrogen (secondary N) is 1. The summed E-state index contributed by atoms with van der Waals surface area (Å²) in [6, 6.07) is 20.0. The van der Waals surface area contributed by atoms with Gasteiger partial charge >= 0.3 is 0 Å². The zero-order valence-corrected chi connectivity index (χ0v) is 24.8. The van der Waals surface area contributed by atoms with Gasteiger partial charge in [0.2, 0.25) is 0 Å². The summed E-state index contributed by atoms with van der Waals surface area (Å²) in [5.41, 5.74) is 6.91. The van der Waals surface area contributed by atoms with Crippen LogP contribution in [0.4, 0.5) is 5.69 Å². The molecule has 1 aromatic heterocycles. The number of hydrogen-bond donors (Lipinski definition) is 1. The van der Waals surface area contributed by atoms with Crippen LogP contribution in [-0.2, 0) is 4.74 Å². The van der Waals surface area contributed by atoms with Gasteiger partial charge in [-0.1, -0.05) is 48.9 Å². The number of benzene rings is 3. The van der Waals surface area contributed by atoms with Gasteiger partial charge in [0.1, 0.15) is 11.3 Å². The molecule has 3 aromatic carbocycles. The molecule has 214 valence electrons. The smallest absolute Gasteiger partial charge is 0.251 e. The van der Waals surface area contributed by atoms with E-state index in [2.05, 4.69) is 36.2 Å². The molecule has 1 saturated carbocycles. The number of anilines is 1. The number of rotatable bonds is 12. The molecule has 0 atom stereocenters. The van der Waals surface area contributed by atoms with Gasteiger partial charge in [-0.3, -0.25) is 9.59 Å². The van der Waals surface area contributed by atoms with Crippen LogP contribution in [0.5, 0.6) is 0 Å². The molecule has 1 N–H and O–H groups in total. The molecule has 41 heavy (non-hydrogen) atoms. The van der Waals surface area contributed by atoms with Crippen molar-refractivity contribution in [2.75, 3.05) is 38.3 Å². The summed E-state index contributed by atoms with van der Waals surface area (Å²) in [6.07, 6.45) is 2.52. The summed E-state index contributed by atoms with van der Waals surface area (Å²) >= 11 is 0. The summed E-state index contributed by atoms with van der Waals surface area (Å²) in [7, 11) is 1.71. The molecule has 1 amide bonds. The van der Waals surface area contributed by atoms with Gasteiger partial charge in [-0.05, 0) is 57.4 Å². The molecular weight excluding hydrogens is 512 g/mol. The lowest BCUT2D eigenvalue weighted by Crippen LogP contribution is -2.32. The van der Waals surface area contributed by atoms with Crippen LogP contribution in [0.1, 0.15) is 66.3 Å². The number of methoxy groups -OCH3 is 1. The maximum absolute atomic E-state index is 13.3. The van der Waals surface area contributed by atoms with E-state index in [0.29, 0.717) is 42.0 Å². The molecule has 0 radical (unpaired) electrons. The highest BCUT2D eigenvalue weighted by Gasteiger charge is 2.42. The van der Waals surface area contributed by atoms with Gasteiger partial charge in [0.25, 0.3) is 5.91 Å². The number of furan rings is 1. The monoisotopic (exact) mass is 552 g/mol. The largest absolute Gasteiger partial charge is 0.455 e. The van der Waals surface area contributed by atoms with Gasteiger partial charge in [-0.15, -0.1) is 0 Å². The average molecular weight is 553 g/mol. The van der Waals surface area contributed by atoms with Crippen molar-refractivity contribution < 1.29 is 18.7 Å². The normalized spacial score (nSPS) is 13.8. The van der Waals surface area contributed by atoms with Crippen LogP contribution in [0.2, 0.25) is 0 Å². The van der Waals surface area contributed by atoms with E-state index in [1.807, 2.05) is 62.4 Å². The van der Waals surface area contributed by atoms with Crippen molar-refractivity contribution in [3.05, 3.63) is 77.4 Å². The van der Waals surface area contributed by atoms with E-state index in [1.54, 1.807) is 7.11 Å². The lowest BCUT2D eigenvalue weighted by atomic mass is 9.95. The first kappa shape index (κ1) is 28.6. The second-order valence-corrected chi connectivity index (χ2v) is 11.2. The molecule has 0 aliphatic heterocycles. The molecule has 0 unspecified atom stereocenters. The van der Waals surface area contributed by atoms with Crippen LogP contribution in [-0.4, -0.2) is 45.0 Å². The summed E-state index contributed by atoms with van der Waals surface area (Å²) in [4.78, 5) is 28.8. The van der Waals surface area contributed by atoms with Crippen LogP contribution in [0.3, 0.4) is 0 Å². The highest BCUT2D eigenvalue weighted by atomic mass is 16.5. The molecule has 0 saturated heterocycles. The molecule has 1 aliphatic carbocycles. The zero-order valence-electron chi connectivity index (χ0n) is 24.8. The molecule has 0 bridgehead atoms. The molecule has 1 heterocycles. The average Bonchev–Trinajstić information content (AvgIpc) is 3.66. The highest BCUT2D eigenvalue weighted by Crippen LogP contribution is 2.45. The second-order valence-electron chi connectivity index (χ2n) is 11.2. The van der Waals surface area contributed by atoms with Crippen LogP contribution >= 0.6 is 0 Å². The first-order valence-corrected chi connectivity index (χ1v) is 14.7. The Morgan fingerprint density at radius 3 is 2.34 bits per heavy atom. The number of ketones is 1. The summed E-state index contributed by atoms with van der Waals surface area (Å²) in [5.74, 6) is 0.554. The Morgan fingerprint density at radius 1 is 0.976 bits per heavy atom. The Kier molecular flexibility index (Phi) is 8.32. The van der Waals surface area contributed by atoms with E-state index in [-0.39, 0.29) is 17.1 Å². The predicted molar refractivity (Wildman–Crippen MR) is 166 cm³/mol. The van der Waals surface area contributed by atoms with Gasteiger partial charge < -0.3 is 19.4 Å². The number of carbonyl (C=O) groups excluding carboxylic acids is 2. The number of carbonyl (C=O) groups is 2. The Hall–Kier alpha value is -3.90. The first-order chi connectivity index (χ1) is 19.8. The third-order valence-electron chi connectivity index (χ3n) is 8.29. The molecule has 0 spiro atoms. The minimum atomic E-state index is -0.0912. The molecule has 6 heteroatoms. The lowest BCUT2D eigenvalue weighted by molar-refractivity contribution is 0.0918. The topological polar surface area (TPSA) is 71.8 Å². The van der Waals surface area contributed by atoms with Crippen molar-refractivity contribution in [1.82, 2.24) is 5.32 Å². The van der Waals surface area contributed by atoms with Gasteiger partial charge in [0, 0.05) is 72.4 Å². The van der Waals surface area contributed by atoms with Crippen molar-refractivity contribution in [2.24, 2.45) is 5.41 Å². The van der Waals surface area contributed by atoms with Crippen LogP contribution in [0.15, 0.2) is 65.1 Å². The minimum Gasteiger partial charge on any atom is -0.455 e. The van der Waals surface area contributed by atoms with Gasteiger partial charge in [-0.25, -0.2) is 0 Å². The Labute approximate surface area is 242 Å². The third kappa shape index (κ3) is 5.80. The Morgan fingerprint density at radius 2 is 1.71 bits per heavy atom. The number of aryl methyl sites for hydroxylation is 1. The summed E-state index contributed by atoms with van der Waals surface area (Å²) < 4.78 is 11.8. The Balaban J connectivity index is 1.61. The number of fused-ring (bicyclic) bond motifs is 1. The quantitative estimate of drug-likeness (QED) is 0.183. The Bertz CT molecular complexity index is 1560. The van der Waals surface area contributed by atoms with Gasteiger partial charge in [-0.2, -0.15) is 0 Å². The lowest BCUT2D eigenvalue weighted by Gasteiger charge is -2.24. The fourth-order valence-electron chi connectivity index (χ4n) is 5.60. The van der Waals surface area contributed by atoms with E-state index in [4.69, 9.17) is 9.15 Å². The van der Waals surface area contributed by atoms with Gasteiger partial charge in [0.05, 0.1) is 12.2 Å². The maximum atomic E-state index is 13.3. The molecule has 6 nitrogen and oxygen atoms in total.